The van der Waals surface area contributed by atoms with Gasteiger partial charge in [-0.2, -0.15) is 0 Å². The van der Waals surface area contributed by atoms with Crippen molar-refractivity contribution < 1.29 is 23.1 Å². The van der Waals surface area contributed by atoms with Gasteiger partial charge < -0.3 is 13.8 Å². The molecule has 6 heteroatoms. The van der Waals surface area contributed by atoms with Gasteiger partial charge in [-0.05, 0) is 19.8 Å². The molecule has 0 unspecified atom stereocenters. The highest BCUT2D eigenvalue weighted by Gasteiger charge is 2.36. The number of rotatable bonds is 8. The lowest BCUT2D eigenvalue weighted by Gasteiger charge is -2.15. The Morgan fingerprint density at radius 3 is 1.87 bits per heavy atom. The fraction of sp³-hybridized carbons (Fsp3) is 0.889. The largest absolute Gasteiger partial charge is 0.457 e. The molecule has 0 bridgehead atoms. The van der Waals surface area contributed by atoms with E-state index in [-0.39, 0.29) is 19.8 Å². The van der Waals surface area contributed by atoms with Crippen LogP contribution in [0.25, 0.3) is 0 Å². The summed E-state index contributed by atoms with van der Waals surface area (Å²) in [6.07, 6.45) is 1.33. The van der Waals surface area contributed by atoms with Gasteiger partial charge >= 0.3 is 13.3 Å². The van der Waals surface area contributed by atoms with Crippen molar-refractivity contribution in [2.24, 2.45) is 0 Å². The fourth-order valence-corrected chi connectivity index (χ4v) is 2.19. The average Bonchev–Trinajstić information content (AvgIpc) is 2.24. The van der Waals surface area contributed by atoms with Crippen molar-refractivity contribution in [1.82, 2.24) is 0 Å². The van der Waals surface area contributed by atoms with E-state index in [1.807, 2.05) is 13.8 Å². The predicted octanol–water partition coefficient (Wildman–Crippen LogP) is 3.19. The molecule has 0 atom stereocenters. The second-order valence-electron chi connectivity index (χ2n) is 2.86. The van der Waals surface area contributed by atoms with Crippen LogP contribution in [0.4, 0.5) is 4.79 Å². The molecule has 0 amide bonds. The normalized spacial score (nSPS) is 11.4. The molecule has 15 heavy (non-hydrogen) atoms. The zero-order valence-corrected chi connectivity index (χ0v) is 10.4. The van der Waals surface area contributed by atoms with Crippen LogP contribution in [-0.4, -0.2) is 25.5 Å². The van der Waals surface area contributed by atoms with Crippen LogP contribution in [-0.2, 0) is 18.3 Å². The highest BCUT2D eigenvalue weighted by atomic mass is 31.2. The van der Waals surface area contributed by atoms with E-state index in [4.69, 9.17) is 9.05 Å². The second kappa shape index (κ2) is 7.85. The maximum Gasteiger partial charge on any atom is 0.438 e. The molecule has 90 valence electrons. The molecule has 0 rings (SSSR count). The molecule has 5 nitrogen and oxygen atoms in total. The molecule has 0 saturated carbocycles. The molecular formula is C9H19O5P. The number of hydrogen-bond donors (Lipinski definition) is 0. The Morgan fingerprint density at radius 1 is 1.07 bits per heavy atom. The van der Waals surface area contributed by atoms with Gasteiger partial charge in [0.25, 0.3) is 0 Å². The zero-order valence-electron chi connectivity index (χ0n) is 9.52. The Kier molecular flexibility index (Phi) is 7.65. The van der Waals surface area contributed by atoms with Crippen LogP contribution in [0.15, 0.2) is 0 Å². The number of carbonyl (C=O) groups excluding carboxylic acids is 1. The molecule has 0 aromatic carbocycles. The van der Waals surface area contributed by atoms with Crippen LogP contribution < -0.4 is 0 Å². The van der Waals surface area contributed by atoms with Gasteiger partial charge in [-0.3, -0.25) is 0 Å². The molecule has 0 aliphatic heterocycles. The van der Waals surface area contributed by atoms with E-state index in [1.165, 1.54) is 0 Å². The van der Waals surface area contributed by atoms with E-state index in [0.29, 0.717) is 12.8 Å². The number of hydrogen-bond acceptors (Lipinski definition) is 5. The van der Waals surface area contributed by atoms with E-state index < -0.39 is 13.3 Å². The first-order valence-corrected chi connectivity index (χ1v) is 6.71. The standard InChI is InChI=1S/C9H19O5P/c1-4-7-13-15(11,14-8-5-2)9(10)12-6-3/h4-8H2,1-3H3. The molecule has 0 aliphatic rings. The topological polar surface area (TPSA) is 61.8 Å². The summed E-state index contributed by atoms with van der Waals surface area (Å²) in [6, 6.07) is 0. The maximum atomic E-state index is 11.9. The lowest BCUT2D eigenvalue weighted by molar-refractivity contribution is 0.149. The van der Waals surface area contributed by atoms with Crippen molar-refractivity contribution in [2.45, 2.75) is 33.6 Å². The first kappa shape index (κ1) is 14.6. The summed E-state index contributed by atoms with van der Waals surface area (Å²) in [7, 11) is -3.72. The third kappa shape index (κ3) is 5.30. The van der Waals surface area contributed by atoms with Crippen molar-refractivity contribution >= 4 is 13.3 Å². The third-order valence-electron chi connectivity index (χ3n) is 1.42. The summed E-state index contributed by atoms with van der Waals surface area (Å²) < 4.78 is 26.5. The minimum absolute atomic E-state index is 0.161. The van der Waals surface area contributed by atoms with Crippen LogP contribution >= 0.6 is 7.60 Å². The highest BCUT2D eigenvalue weighted by Crippen LogP contribution is 2.50. The van der Waals surface area contributed by atoms with E-state index in [2.05, 4.69) is 4.74 Å². The molecule has 0 aromatic rings. The van der Waals surface area contributed by atoms with Gasteiger partial charge in [-0.1, -0.05) is 13.8 Å². The second-order valence-corrected chi connectivity index (χ2v) is 4.74. The Morgan fingerprint density at radius 2 is 1.53 bits per heavy atom. The van der Waals surface area contributed by atoms with Crippen LogP contribution in [0.5, 0.6) is 0 Å². The third-order valence-corrected chi connectivity index (χ3v) is 3.04. The molecule has 0 fully saturated rings. The Bertz CT molecular complexity index is 217. The first-order valence-electron chi connectivity index (χ1n) is 5.17. The van der Waals surface area contributed by atoms with Crippen LogP contribution in [0.2, 0.25) is 0 Å². The molecule has 0 spiro atoms. The molecule has 0 aromatic heterocycles. The lowest BCUT2D eigenvalue weighted by Crippen LogP contribution is -2.10. The lowest BCUT2D eigenvalue weighted by atomic mass is 10.5. The molecule has 0 heterocycles. The van der Waals surface area contributed by atoms with Crippen molar-refractivity contribution in [3.05, 3.63) is 0 Å². The Labute approximate surface area is 90.6 Å². The fourth-order valence-electron chi connectivity index (χ4n) is 0.768. The number of carbonyl (C=O) groups is 1. The van der Waals surface area contributed by atoms with Crippen molar-refractivity contribution in [1.29, 1.82) is 0 Å². The monoisotopic (exact) mass is 238 g/mol. The molecular weight excluding hydrogens is 219 g/mol. The summed E-state index contributed by atoms with van der Waals surface area (Å²) in [5.74, 6) is 0. The number of ether oxygens (including phenoxy) is 1. The minimum Gasteiger partial charge on any atom is -0.457 e. The SMILES string of the molecule is CCCOP(=O)(OCCC)C(=O)OCC. The molecule has 0 N–H and O–H groups in total. The van der Waals surface area contributed by atoms with E-state index in [0.717, 1.165) is 0 Å². The quantitative estimate of drug-likeness (QED) is 0.607. The van der Waals surface area contributed by atoms with Gasteiger partial charge in [0.2, 0.25) is 0 Å². The average molecular weight is 238 g/mol. The van der Waals surface area contributed by atoms with Gasteiger partial charge in [-0.15, -0.1) is 0 Å². The smallest absolute Gasteiger partial charge is 0.438 e. The molecule has 0 saturated heterocycles. The summed E-state index contributed by atoms with van der Waals surface area (Å²) in [5.41, 5.74) is -0.896. The maximum absolute atomic E-state index is 11.9. The Hall–Kier alpha value is -0.380. The summed E-state index contributed by atoms with van der Waals surface area (Å²) in [4.78, 5) is 11.3. The minimum atomic E-state index is -3.72. The summed E-state index contributed by atoms with van der Waals surface area (Å²) >= 11 is 0. The highest BCUT2D eigenvalue weighted by molar-refractivity contribution is 7.71. The molecule has 0 aliphatic carbocycles. The van der Waals surface area contributed by atoms with Gasteiger partial charge in [0, 0.05) is 0 Å². The van der Waals surface area contributed by atoms with Crippen molar-refractivity contribution in [3.8, 4) is 0 Å². The van der Waals surface area contributed by atoms with Crippen LogP contribution in [0.1, 0.15) is 33.6 Å². The van der Waals surface area contributed by atoms with E-state index in [9.17, 15) is 9.36 Å². The van der Waals surface area contributed by atoms with Crippen molar-refractivity contribution in [3.63, 3.8) is 0 Å². The van der Waals surface area contributed by atoms with Gasteiger partial charge in [0.05, 0.1) is 19.8 Å². The van der Waals surface area contributed by atoms with E-state index >= 15 is 0 Å². The van der Waals surface area contributed by atoms with Crippen LogP contribution in [0, 0.1) is 0 Å². The zero-order chi connectivity index (χ0) is 11.7. The summed E-state index contributed by atoms with van der Waals surface area (Å²) in [5, 5.41) is 0. The predicted molar refractivity (Wildman–Crippen MR) is 57.1 cm³/mol. The van der Waals surface area contributed by atoms with Crippen molar-refractivity contribution in [2.75, 3.05) is 19.8 Å². The Balaban J connectivity index is 4.38. The molecule has 0 radical (unpaired) electrons. The van der Waals surface area contributed by atoms with Gasteiger partial charge in [0.15, 0.2) is 0 Å². The van der Waals surface area contributed by atoms with Crippen LogP contribution in [0.3, 0.4) is 0 Å². The van der Waals surface area contributed by atoms with Gasteiger partial charge in [-0.25, -0.2) is 9.36 Å². The first-order chi connectivity index (χ1) is 7.10. The summed E-state index contributed by atoms with van der Waals surface area (Å²) in [6.45, 7) is 5.96. The van der Waals surface area contributed by atoms with Gasteiger partial charge in [0.1, 0.15) is 0 Å². The van der Waals surface area contributed by atoms with E-state index in [1.54, 1.807) is 6.92 Å².